The summed E-state index contributed by atoms with van der Waals surface area (Å²) in [6.45, 7) is 1.84. The first-order valence-electron chi connectivity index (χ1n) is 6.41. The van der Waals surface area contributed by atoms with Crippen molar-refractivity contribution < 1.29 is 14.4 Å². The lowest BCUT2D eigenvalue weighted by molar-refractivity contribution is 0.0695. The minimum atomic E-state index is -1.01. The molecule has 1 aromatic heterocycles. The number of hydrogen-bond donors (Lipinski definition) is 1. The summed E-state index contributed by atoms with van der Waals surface area (Å²) in [5.74, 6) is -0.605. The Hall–Kier alpha value is -2.62. The first kappa shape index (κ1) is 12.4. The van der Waals surface area contributed by atoms with Crippen LogP contribution in [0.5, 0.6) is 0 Å². The van der Waals surface area contributed by atoms with E-state index in [9.17, 15) is 9.90 Å². The lowest BCUT2D eigenvalue weighted by Crippen LogP contribution is -2.00. The zero-order valence-electron chi connectivity index (χ0n) is 11.0. The van der Waals surface area contributed by atoms with Gasteiger partial charge in [0.15, 0.2) is 5.76 Å². The third-order valence-electron chi connectivity index (χ3n) is 3.32. The molecule has 0 saturated carbocycles. The Morgan fingerprint density at radius 3 is 2.65 bits per heavy atom. The molecule has 0 aliphatic heterocycles. The van der Waals surface area contributed by atoms with Gasteiger partial charge in [0, 0.05) is 12.0 Å². The Morgan fingerprint density at radius 1 is 1.20 bits per heavy atom. The molecule has 1 heterocycles. The van der Waals surface area contributed by atoms with Crippen molar-refractivity contribution in [3.8, 4) is 11.3 Å². The third-order valence-corrected chi connectivity index (χ3v) is 3.32. The van der Waals surface area contributed by atoms with Crippen LogP contribution in [0, 0.1) is 0 Å². The molecule has 2 aromatic carbocycles. The topological polar surface area (TPSA) is 63.3 Å². The van der Waals surface area contributed by atoms with Crippen LogP contribution in [-0.2, 0) is 6.42 Å². The molecule has 1 N–H and O–H groups in total. The van der Waals surface area contributed by atoms with Crippen LogP contribution < -0.4 is 0 Å². The van der Waals surface area contributed by atoms with E-state index in [1.165, 1.54) is 0 Å². The van der Waals surface area contributed by atoms with Gasteiger partial charge >= 0.3 is 5.97 Å². The molecule has 0 atom stereocenters. The standard InChI is InChI=1S/C16H13NO3/c1-2-13-14(16(18)19)15(17-20-13)12-8-7-10-5-3-4-6-11(10)9-12/h3-9H,2H2,1H3,(H,18,19). The van der Waals surface area contributed by atoms with E-state index in [0.29, 0.717) is 17.9 Å². The fourth-order valence-electron chi connectivity index (χ4n) is 2.32. The Balaban J connectivity index is 2.20. The average Bonchev–Trinajstić information content (AvgIpc) is 2.91. The molecule has 0 radical (unpaired) electrons. The summed E-state index contributed by atoms with van der Waals surface area (Å²) in [4.78, 5) is 11.4. The van der Waals surface area contributed by atoms with Gasteiger partial charge in [-0.25, -0.2) is 4.79 Å². The van der Waals surface area contributed by atoms with Crippen molar-refractivity contribution in [1.82, 2.24) is 5.16 Å². The molecular weight excluding hydrogens is 254 g/mol. The van der Waals surface area contributed by atoms with Crippen LogP contribution in [0.1, 0.15) is 23.0 Å². The van der Waals surface area contributed by atoms with Crippen molar-refractivity contribution in [3.63, 3.8) is 0 Å². The van der Waals surface area contributed by atoms with Gasteiger partial charge in [-0.2, -0.15) is 0 Å². The van der Waals surface area contributed by atoms with Crippen molar-refractivity contribution >= 4 is 16.7 Å². The number of benzene rings is 2. The second-order valence-electron chi connectivity index (χ2n) is 4.55. The van der Waals surface area contributed by atoms with Crippen molar-refractivity contribution in [2.24, 2.45) is 0 Å². The number of aromatic nitrogens is 1. The van der Waals surface area contributed by atoms with Crippen molar-refractivity contribution in [3.05, 3.63) is 53.8 Å². The van der Waals surface area contributed by atoms with Crippen LogP contribution in [0.25, 0.3) is 22.0 Å². The highest BCUT2D eigenvalue weighted by Gasteiger charge is 2.22. The Morgan fingerprint density at radius 2 is 1.95 bits per heavy atom. The molecule has 3 rings (SSSR count). The van der Waals surface area contributed by atoms with Crippen LogP contribution in [0.4, 0.5) is 0 Å². The summed E-state index contributed by atoms with van der Waals surface area (Å²) in [5, 5.41) is 15.4. The van der Waals surface area contributed by atoms with E-state index >= 15 is 0 Å². The van der Waals surface area contributed by atoms with Crippen molar-refractivity contribution in [2.75, 3.05) is 0 Å². The summed E-state index contributed by atoms with van der Waals surface area (Å²) in [6.07, 6.45) is 0.502. The Bertz CT molecular complexity index is 789. The molecular formula is C16H13NO3. The number of carboxylic acid groups (broad SMARTS) is 1. The van der Waals surface area contributed by atoms with E-state index in [0.717, 1.165) is 16.3 Å². The van der Waals surface area contributed by atoms with E-state index in [1.54, 1.807) is 0 Å². The maximum absolute atomic E-state index is 11.4. The van der Waals surface area contributed by atoms with Crippen molar-refractivity contribution in [2.45, 2.75) is 13.3 Å². The fourth-order valence-corrected chi connectivity index (χ4v) is 2.32. The van der Waals surface area contributed by atoms with Gasteiger partial charge in [0.1, 0.15) is 11.3 Å². The minimum absolute atomic E-state index is 0.155. The third kappa shape index (κ3) is 1.95. The van der Waals surface area contributed by atoms with E-state index in [2.05, 4.69) is 5.16 Å². The summed E-state index contributed by atoms with van der Waals surface area (Å²) >= 11 is 0. The molecule has 0 fully saturated rings. The molecule has 100 valence electrons. The SMILES string of the molecule is CCc1onc(-c2ccc3ccccc3c2)c1C(=O)O. The number of rotatable bonds is 3. The molecule has 4 heteroatoms. The number of aromatic carboxylic acids is 1. The van der Waals surface area contributed by atoms with Crippen LogP contribution in [0.2, 0.25) is 0 Å². The number of carbonyl (C=O) groups is 1. The zero-order chi connectivity index (χ0) is 14.1. The molecule has 3 aromatic rings. The van der Waals surface area contributed by atoms with Gasteiger partial charge in [0.2, 0.25) is 0 Å². The normalized spacial score (nSPS) is 10.8. The maximum Gasteiger partial charge on any atom is 0.341 e. The fraction of sp³-hybridized carbons (Fsp3) is 0.125. The summed E-state index contributed by atoms with van der Waals surface area (Å²) < 4.78 is 5.14. The highest BCUT2D eigenvalue weighted by atomic mass is 16.5. The van der Waals surface area contributed by atoms with Crippen LogP contribution in [0.3, 0.4) is 0 Å². The monoisotopic (exact) mass is 267 g/mol. The molecule has 0 spiro atoms. The van der Waals surface area contributed by atoms with Gasteiger partial charge in [0.05, 0.1) is 0 Å². The van der Waals surface area contributed by atoms with Crippen LogP contribution >= 0.6 is 0 Å². The predicted molar refractivity (Wildman–Crippen MR) is 75.8 cm³/mol. The lowest BCUT2D eigenvalue weighted by Gasteiger charge is -2.02. The molecule has 0 amide bonds. The molecule has 4 nitrogen and oxygen atoms in total. The second-order valence-corrected chi connectivity index (χ2v) is 4.55. The molecule has 0 saturated heterocycles. The Kier molecular flexibility index (Phi) is 2.99. The molecule has 0 aliphatic carbocycles. The van der Waals surface area contributed by atoms with Gasteiger partial charge in [-0.15, -0.1) is 0 Å². The lowest BCUT2D eigenvalue weighted by atomic mass is 10.0. The maximum atomic E-state index is 11.4. The largest absolute Gasteiger partial charge is 0.477 e. The van der Waals surface area contributed by atoms with Gasteiger partial charge in [0.25, 0.3) is 0 Å². The van der Waals surface area contributed by atoms with E-state index in [1.807, 2.05) is 49.4 Å². The molecule has 0 aliphatic rings. The van der Waals surface area contributed by atoms with E-state index < -0.39 is 5.97 Å². The predicted octanol–water partition coefficient (Wildman–Crippen LogP) is 3.76. The highest BCUT2D eigenvalue weighted by molar-refractivity contribution is 5.97. The first-order chi connectivity index (χ1) is 9.70. The number of hydrogen-bond acceptors (Lipinski definition) is 3. The zero-order valence-corrected chi connectivity index (χ0v) is 11.0. The van der Waals surface area contributed by atoms with Crippen LogP contribution in [-0.4, -0.2) is 16.2 Å². The molecule has 0 unspecified atom stereocenters. The summed E-state index contributed by atoms with van der Waals surface area (Å²) in [6, 6.07) is 13.7. The second kappa shape index (κ2) is 4.81. The number of carboxylic acids is 1. The molecule has 0 bridgehead atoms. The molecule has 20 heavy (non-hydrogen) atoms. The van der Waals surface area contributed by atoms with E-state index in [-0.39, 0.29) is 5.56 Å². The summed E-state index contributed by atoms with van der Waals surface area (Å²) in [5.41, 5.74) is 1.30. The van der Waals surface area contributed by atoms with Crippen molar-refractivity contribution in [1.29, 1.82) is 0 Å². The quantitative estimate of drug-likeness (QED) is 0.784. The van der Waals surface area contributed by atoms with Gasteiger partial charge < -0.3 is 9.63 Å². The van der Waals surface area contributed by atoms with Gasteiger partial charge in [-0.3, -0.25) is 0 Å². The summed E-state index contributed by atoms with van der Waals surface area (Å²) in [7, 11) is 0. The number of fused-ring (bicyclic) bond motifs is 1. The smallest absolute Gasteiger partial charge is 0.341 e. The number of aryl methyl sites for hydroxylation is 1. The van der Waals surface area contributed by atoms with Crippen LogP contribution in [0.15, 0.2) is 47.0 Å². The minimum Gasteiger partial charge on any atom is -0.477 e. The first-order valence-corrected chi connectivity index (χ1v) is 6.41. The van der Waals surface area contributed by atoms with Gasteiger partial charge in [-0.1, -0.05) is 48.5 Å². The Labute approximate surface area is 115 Å². The average molecular weight is 267 g/mol. The number of nitrogens with zero attached hydrogens (tertiary/aromatic N) is 1. The highest BCUT2D eigenvalue weighted by Crippen LogP contribution is 2.28. The van der Waals surface area contributed by atoms with E-state index in [4.69, 9.17) is 4.52 Å². The van der Waals surface area contributed by atoms with Gasteiger partial charge in [-0.05, 0) is 16.8 Å².